The maximum absolute atomic E-state index is 11.3. The number of carboxylic acids is 1. The van der Waals surface area contributed by atoms with Crippen LogP contribution in [0, 0.1) is 22.7 Å². The van der Waals surface area contributed by atoms with Crippen molar-refractivity contribution in [3.05, 3.63) is 11.6 Å². The van der Waals surface area contributed by atoms with Gasteiger partial charge in [-0.3, -0.25) is 4.79 Å². The minimum Gasteiger partial charge on any atom is -0.481 e. The molecule has 6 atom stereocenters. The lowest BCUT2D eigenvalue weighted by atomic mass is 9.45. The number of hydrogen-bond acceptors (Lipinski definition) is 3. The third kappa shape index (κ3) is 1.92. The number of aliphatic hydroxyl groups excluding tert-OH is 2. The molecule has 2 aliphatic rings. The fraction of sp³-hybridized carbons (Fsp3) is 0.812. The fourth-order valence-electron chi connectivity index (χ4n) is 4.66. The molecule has 0 aromatic carbocycles. The fourth-order valence-corrected chi connectivity index (χ4v) is 4.66. The maximum atomic E-state index is 11.3. The van der Waals surface area contributed by atoms with Gasteiger partial charge in [-0.25, -0.2) is 0 Å². The maximum Gasteiger partial charge on any atom is 0.303 e. The van der Waals surface area contributed by atoms with Crippen LogP contribution in [-0.2, 0) is 4.79 Å². The molecule has 2 rings (SSSR count). The Kier molecular flexibility index (Phi) is 3.76. The summed E-state index contributed by atoms with van der Waals surface area (Å²) in [6.45, 7) is 7.79. The van der Waals surface area contributed by atoms with Gasteiger partial charge >= 0.3 is 5.97 Å². The largest absolute Gasteiger partial charge is 0.481 e. The van der Waals surface area contributed by atoms with Gasteiger partial charge in [0.15, 0.2) is 0 Å². The number of fused-ring (bicyclic) bond motifs is 1. The standard InChI is InChI=1S/C16H26O4/c1-9-6-5-7-11-15(3,8-12(17)18)10(2)13(19)14(20)16(9,11)4/h6,10-11,13-14,19-20H,5,7-8H2,1-4H3,(H,17,18). The van der Waals surface area contributed by atoms with E-state index in [2.05, 4.69) is 6.08 Å². The molecule has 1 saturated carbocycles. The lowest BCUT2D eigenvalue weighted by molar-refractivity contribution is -0.194. The van der Waals surface area contributed by atoms with Crippen molar-refractivity contribution in [1.82, 2.24) is 0 Å². The second-order valence-corrected chi connectivity index (χ2v) is 7.10. The lowest BCUT2D eigenvalue weighted by Gasteiger charge is -2.61. The van der Waals surface area contributed by atoms with Crippen molar-refractivity contribution in [1.29, 1.82) is 0 Å². The van der Waals surface area contributed by atoms with Crippen LogP contribution in [0.3, 0.4) is 0 Å². The van der Waals surface area contributed by atoms with Crippen LogP contribution in [0.25, 0.3) is 0 Å². The normalized spacial score (nSPS) is 48.4. The molecule has 3 N–H and O–H groups in total. The van der Waals surface area contributed by atoms with Crippen LogP contribution >= 0.6 is 0 Å². The van der Waals surface area contributed by atoms with Gasteiger partial charge in [-0.15, -0.1) is 0 Å². The van der Waals surface area contributed by atoms with Crippen LogP contribution in [0.2, 0.25) is 0 Å². The Morgan fingerprint density at radius 3 is 2.55 bits per heavy atom. The van der Waals surface area contributed by atoms with Gasteiger partial charge in [0, 0.05) is 5.41 Å². The van der Waals surface area contributed by atoms with Crippen LogP contribution in [0.5, 0.6) is 0 Å². The Balaban J connectivity index is 2.54. The summed E-state index contributed by atoms with van der Waals surface area (Å²) in [4.78, 5) is 11.3. The molecule has 1 fully saturated rings. The Bertz CT molecular complexity index is 444. The third-order valence-electron chi connectivity index (χ3n) is 6.30. The molecule has 0 aliphatic heterocycles. The predicted molar refractivity (Wildman–Crippen MR) is 76.1 cm³/mol. The second-order valence-electron chi connectivity index (χ2n) is 7.10. The first-order valence-corrected chi connectivity index (χ1v) is 7.41. The number of carboxylic acid groups (broad SMARTS) is 1. The molecule has 0 aromatic rings. The van der Waals surface area contributed by atoms with Gasteiger partial charge in [-0.2, -0.15) is 0 Å². The molecule has 0 bridgehead atoms. The van der Waals surface area contributed by atoms with Crippen LogP contribution in [0.1, 0.15) is 47.0 Å². The minimum absolute atomic E-state index is 0.0332. The monoisotopic (exact) mass is 282 g/mol. The molecule has 4 nitrogen and oxygen atoms in total. The highest BCUT2D eigenvalue weighted by molar-refractivity contribution is 5.68. The molecule has 6 unspecified atom stereocenters. The molecule has 0 saturated heterocycles. The van der Waals surface area contributed by atoms with Crippen molar-refractivity contribution in [2.45, 2.75) is 59.2 Å². The zero-order valence-electron chi connectivity index (χ0n) is 12.8. The quantitative estimate of drug-likeness (QED) is 0.679. The van der Waals surface area contributed by atoms with Gasteiger partial charge in [-0.05, 0) is 37.0 Å². The zero-order valence-corrected chi connectivity index (χ0v) is 12.8. The molecule has 0 aromatic heterocycles. The third-order valence-corrected chi connectivity index (χ3v) is 6.30. The number of rotatable bonds is 2. The zero-order chi connectivity index (χ0) is 15.3. The first-order valence-electron chi connectivity index (χ1n) is 7.41. The molecule has 0 spiro atoms. The summed E-state index contributed by atoms with van der Waals surface area (Å²) >= 11 is 0. The number of hydrogen-bond donors (Lipinski definition) is 3. The highest BCUT2D eigenvalue weighted by Crippen LogP contribution is 2.61. The average Bonchev–Trinajstić information content (AvgIpc) is 2.36. The molecule has 4 heteroatoms. The summed E-state index contributed by atoms with van der Waals surface area (Å²) in [7, 11) is 0. The lowest BCUT2D eigenvalue weighted by Crippen LogP contribution is -2.63. The summed E-state index contributed by atoms with van der Waals surface area (Å²) in [6.07, 6.45) is 2.21. The van der Waals surface area contributed by atoms with Crippen molar-refractivity contribution < 1.29 is 20.1 Å². The summed E-state index contributed by atoms with van der Waals surface area (Å²) in [6, 6.07) is 0. The molecule has 0 heterocycles. The molecule has 2 aliphatic carbocycles. The highest BCUT2D eigenvalue weighted by atomic mass is 16.4. The molecule has 0 amide bonds. The van der Waals surface area contributed by atoms with Crippen molar-refractivity contribution in [2.24, 2.45) is 22.7 Å². The van der Waals surface area contributed by atoms with Crippen LogP contribution in [-0.4, -0.2) is 33.5 Å². The topological polar surface area (TPSA) is 77.8 Å². The first kappa shape index (κ1) is 15.5. The van der Waals surface area contributed by atoms with Crippen molar-refractivity contribution in [3.63, 3.8) is 0 Å². The SMILES string of the molecule is CC1=CCCC2C(C)(CC(=O)O)C(C)C(O)C(O)C12C. The summed E-state index contributed by atoms with van der Waals surface area (Å²) < 4.78 is 0. The summed E-state index contributed by atoms with van der Waals surface area (Å²) in [5.41, 5.74) is 0.0344. The average molecular weight is 282 g/mol. The predicted octanol–water partition coefficient (Wildman–Crippen LogP) is 2.20. The van der Waals surface area contributed by atoms with E-state index in [0.29, 0.717) is 0 Å². The van der Waals surface area contributed by atoms with Crippen LogP contribution < -0.4 is 0 Å². The van der Waals surface area contributed by atoms with Gasteiger partial charge in [0.2, 0.25) is 0 Å². The number of aliphatic hydroxyl groups is 2. The van der Waals surface area contributed by atoms with E-state index >= 15 is 0 Å². The summed E-state index contributed by atoms with van der Waals surface area (Å²) in [5, 5.41) is 30.3. The van der Waals surface area contributed by atoms with Crippen molar-refractivity contribution >= 4 is 5.97 Å². The van der Waals surface area contributed by atoms with Gasteiger partial charge < -0.3 is 15.3 Å². The van der Waals surface area contributed by atoms with E-state index in [4.69, 9.17) is 0 Å². The van der Waals surface area contributed by atoms with Gasteiger partial charge in [0.1, 0.15) is 0 Å². The van der Waals surface area contributed by atoms with Crippen LogP contribution in [0.4, 0.5) is 0 Å². The minimum atomic E-state index is -0.887. The van der Waals surface area contributed by atoms with E-state index in [0.717, 1.165) is 18.4 Å². The summed E-state index contributed by atoms with van der Waals surface area (Å²) in [5.74, 6) is -1.00. The van der Waals surface area contributed by atoms with E-state index in [1.165, 1.54) is 0 Å². The van der Waals surface area contributed by atoms with E-state index in [1.807, 2.05) is 27.7 Å². The number of aliphatic carboxylic acids is 1. The van der Waals surface area contributed by atoms with Gasteiger partial charge in [-0.1, -0.05) is 32.4 Å². The Labute approximate surface area is 120 Å². The van der Waals surface area contributed by atoms with E-state index in [9.17, 15) is 20.1 Å². The molecular weight excluding hydrogens is 256 g/mol. The Morgan fingerprint density at radius 2 is 2.00 bits per heavy atom. The Morgan fingerprint density at radius 1 is 1.40 bits per heavy atom. The van der Waals surface area contributed by atoms with E-state index in [-0.39, 0.29) is 18.3 Å². The van der Waals surface area contributed by atoms with Gasteiger partial charge in [0.05, 0.1) is 18.6 Å². The Hall–Kier alpha value is -0.870. The number of allylic oxidation sites excluding steroid dienone is 1. The van der Waals surface area contributed by atoms with E-state index < -0.39 is 29.0 Å². The van der Waals surface area contributed by atoms with E-state index in [1.54, 1.807) is 0 Å². The molecule has 0 radical (unpaired) electrons. The number of carbonyl (C=O) groups is 1. The smallest absolute Gasteiger partial charge is 0.303 e. The molecular formula is C16H26O4. The van der Waals surface area contributed by atoms with Crippen molar-refractivity contribution in [2.75, 3.05) is 0 Å². The van der Waals surface area contributed by atoms with Crippen LogP contribution in [0.15, 0.2) is 11.6 Å². The molecule has 20 heavy (non-hydrogen) atoms. The first-order chi connectivity index (χ1) is 9.15. The second kappa shape index (κ2) is 4.85. The molecule has 114 valence electrons. The van der Waals surface area contributed by atoms with Crippen molar-refractivity contribution in [3.8, 4) is 0 Å². The highest BCUT2D eigenvalue weighted by Gasteiger charge is 2.61. The van der Waals surface area contributed by atoms with Gasteiger partial charge in [0.25, 0.3) is 0 Å².